The molecule has 0 aliphatic carbocycles. The zero-order chi connectivity index (χ0) is 20.3. The first kappa shape index (κ1) is 19.6. The molecule has 2 aromatic carbocycles. The van der Waals surface area contributed by atoms with Gasteiger partial charge >= 0.3 is 5.97 Å². The second-order valence-corrected chi connectivity index (χ2v) is 6.79. The summed E-state index contributed by atoms with van der Waals surface area (Å²) < 4.78 is 0. The maximum absolute atomic E-state index is 11.4. The lowest BCUT2D eigenvalue weighted by molar-refractivity contribution is 0.0697. The lowest BCUT2D eigenvalue weighted by atomic mass is 9.95. The quantitative estimate of drug-likeness (QED) is 0.608. The van der Waals surface area contributed by atoms with Gasteiger partial charge in [0.25, 0.3) is 0 Å². The van der Waals surface area contributed by atoms with Crippen LogP contribution in [0.3, 0.4) is 0 Å². The number of aliphatic imine (C=N–C) groups is 3. The molecule has 2 aromatic rings. The Morgan fingerprint density at radius 1 is 1.21 bits per heavy atom. The number of benzene rings is 2. The summed E-state index contributed by atoms with van der Waals surface area (Å²) in [7, 11) is 3.58. The maximum atomic E-state index is 11.4. The van der Waals surface area contributed by atoms with Gasteiger partial charge in [-0.05, 0) is 30.5 Å². The van der Waals surface area contributed by atoms with E-state index in [4.69, 9.17) is 4.99 Å². The van der Waals surface area contributed by atoms with E-state index in [1.54, 1.807) is 25.2 Å². The van der Waals surface area contributed by atoms with Crippen LogP contribution in [0, 0.1) is 0 Å². The summed E-state index contributed by atoms with van der Waals surface area (Å²) in [6.07, 6.45) is 1.91. The van der Waals surface area contributed by atoms with Crippen molar-refractivity contribution in [2.45, 2.75) is 0 Å². The topological polar surface area (TPSA) is 77.6 Å². The van der Waals surface area contributed by atoms with Crippen LogP contribution < -0.4 is 4.90 Å². The Morgan fingerprint density at radius 3 is 2.54 bits per heavy atom. The van der Waals surface area contributed by atoms with Crippen LogP contribution >= 0.6 is 11.8 Å². The van der Waals surface area contributed by atoms with Crippen molar-refractivity contribution in [3.63, 3.8) is 0 Å². The molecular weight excluding hydrogens is 372 g/mol. The number of para-hydroxylation sites is 1. The summed E-state index contributed by atoms with van der Waals surface area (Å²) in [4.78, 5) is 26.9. The number of hydrogen-bond acceptors (Lipinski definition) is 5. The van der Waals surface area contributed by atoms with Gasteiger partial charge in [0.15, 0.2) is 11.0 Å². The zero-order valence-corrected chi connectivity index (χ0v) is 16.7. The van der Waals surface area contributed by atoms with Gasteiger partial charge in [0, 0.05) is 30.9 Å². The van der Waals surface area contributed by atoms with Crippen LogP contribution in [-0.2, 0) is 0 Å². The van der Waals surface area contributed by atoms with Crippen LogP contribution in [0.5, 0.6) is 0 Å². The molecule has 1 heterocycles. The summed E-state index contributed by atoms with van der Waals surface area (Å²) in [5, 5.41) is 9.92. The average Bonchev–Trinajstić information content (AvgIpc) is 2.72. The number of fused-ring (bicyclic) bond motifs is 1. The minimum absolute atomic E-state index is 0.178. The molecule has 0 unspecified atom stereocenters. The number of thioether (sulfide) groups is 1. The molecule has 0 aromatic heterocycles. The van der Waals surface area contributed by atoms with E-state index >= 15 is 0 Å². The summed E-state index contributed by atoms with van der Waals surface area (Å²) in [6, 6.07) is 14.6. The van der Waals surface area contributed by atoms with E-state index < -0.39 is 5.97 Å². The van der Waals surface area contributed by atoms with Crippen molar-refractivity contribution in [3.05, 3.63) is 66.2 Å². The standard InChI is InChI=1S/C21H20N4O2S/c1-13-16-11-10-14(20(26)27)12-17(16)23-19(18(13)24-21(22-2)28-4)25(3)15-8-6-5-7-9-15/h5-12H,1H2,2-4H3,(H,26,27). The van der Waals surface area contributed by atoms with E-state index in [0.717, 1.165) is 11.3 Å². The van der Waals surface area contributed by atoms with E-state index in [1.807, 2.05) is 48.5 Å². The predicted molar refractivity (Wildman–Crippen MR) is 119 cm³/mol. The minimum atomic E-state index is -0.996. The van der Waals surface area contributed by atoms with Crippen LogP contribution in [0.4, 0.5) is 11.4 Å². The second-order valence-electron chi connectivity index (χ2n) is 6.02. The van der Waals surface area contributed by atoms with Crippen LogP contribution in [0.2, 0.25) is 0 Å². The fraction of sp³-hybridized carbons (Fsp3) is 0.143. The van der Waals surface area contributed by atoms with Crippen molar-refractivity contribution in [3.8, 4) is 0 Å². The Balaban J connectivity index is 2.21. The first-order chi connectivity index (χ1) is 13.5. The third-order valence-electron chi connectivity index (χ3n) is 4.34. The van der Waals surface area contributed by atoms with Gasteiger partial charge in [-0.15, -0.1) is 0 Å². The van der Waals surface area contributed by atoms with E-state index in [1.165, 1.54) is 11.8 Å². The molecule has 0 atom stereocenters. The van der Waals surface area contributed by atoms with Gasteiger partial charge in [0.1, 0.15) is 5.71 Å². The smallest absolute Gasteiger partial charge is 0.335 e. The van der Waals surface area contributed by atoms with Crippen LogP contribution in [0.15, 0.2) is 70.1 Å². The number of carboxylic acid groups (broad SMARTS) is 1. The number of rotatable bonds is 2. The van der Waals surface area contributed by atoms with Crippen molar-refractivity contribution in [2.24, 2.45) is 15.0 Å². The van der Waals surface area contributed by atoms with Crippen molar-refractivity contribution in [1.29, 1.82) is 0 Å². The molecule has 0 spiro atoms. The molecule has 1 aliphatic heterocycles. The highest BCUT2D eigenvalue weighted by Crippen LogP contribution is 2.34. The van der Waals surface area contributed by atoms with Crippen molar-refractivity contribution in [1.82, 2.24) is 0 Å². The number of nitrogens with zero attached hydrogens (tertiary/aromatic N) is 4. The van der Waals surface area contributed by atoms with E-state index in [-0.39, 0.29) is 5.56 Å². The number of hydrogen-bond donors (Lipinski definition) is 1. The Kier molecular flexibility index (Phi) is 5.75. The molecule has 28 heavy (non-hydrogen) atoms. The number of anilines is 1. The highest BCUT2D eigenvalue weighted by Gasteiger charge is 2.27. The molecule has 0 saturated heterocycles. The Bertz CT molecular complexity index is 1030. The molecule has 3 rings (SSSR count). The highest BCUT2D eigenvalue weighted by atomic mass is 32.2. The van der Waals surface area contributed by atoms with E-state index in [0.29, 0.717) is 28.0 Å². The number of carboxylic acids is 1. The average molecular weight is 392 g/mol. The second kappa shape index (κ2) is 8.22. The molecule has 6 nitrogen and oxygen atoms in total. The van der Waals surface area contributed by atoms with Gasteiger partial charge in [-0.3, -0.25) is 4.99 Å². The first-order valence-electron chi connectivity index (χ1n) is 8.50. The first-order valence-corrected chi connectivity index (χ1v) is 9.73. The molecule has 0 bridgehead atoms. The lowest BCUT2D eigenvalue weighted by Crippen LogP contribution is -2.36. The lowest BCUT2D eigenvalue weighted by Gasteiger charge is -2.27. The number of aromatic carboxylic acids is 1. The van der Waals surface area contributed by atoms with Gasteiger partial charge in [-0.1, -0.05) is 42.6 Å². The van der Waals surface area contributed by atoms with Gasteiger partial charge in [0.05, 0.1) is 11.3 Å². The van der Waals surface area contributed by atoms with Gasteiger partial charge in [-0.2, -0.15) is 0 Å². The van der Waals surface area contributed by atoms with Gasteiger partial charge in [-0.25, -0.2) is 14.8 Å². The molecule has 0 radical (unpaired) electrons. The fourth-order valence-corrected chi connectivity index (χ4v) is 3.21. The third kappa shape index (κ3) is 3.75. The number of amidine groups is 2. The molecule has 1 aliphatic rings. The third-order valence-corrected chi connectivity index (χ3v) is 4.98. The highest BCUT2D eigenvalue weighted by molar-refractivity contribution is 8.13. The van der Waals surface area contributed by atoms with E-state index in [2.05, 4.69) is 16.6 Å². The largest absolute Gasteiger partial charge is 0.478 e. The summed E-state index contributed by atoms with van der Waals surface area (Å²) in [5.41, 5.74) is 3.70. The molecule has 1 N–H and O–H groups in total. The SMILES string of the molecule is C=C1C(=NC(=NC)SC)C(N(C)c2ccccc2)=Nc2cc(C(=O)O)ccc21. The zero-order valence-electron chi connectivity index (χ0n) is 15.9. The monoisotopic (exact) mass is 392 g/mol. The molecule has 0 fully saturated rings. The summed E-state index contributed by atoms with van der Waals surface area (Å²) in [5.74, 6) is -0.412. The molecule has 142 valence electrons. The normalized spacial score (nSPS) is 15.2. The molecular formula is C21H20N4O2S. The van der Waals surface area contributed by atoms with Crippen molar-refractivity contribution >= 4 is 51.4 Å². The van der Waals surface area contributed by atoms with Crippen LogP contribution in [0.25, 0.3) is 5.57 Å². The Labute approximate surface area is 168 Å². The maximum Gasteiger partial charge on any atom is 0.335 e. The Hall–Kier alpha value is -3.19. The van der Waals surface area contributed by atoms with Gasteiger partial charge in [0.2, 0.25) is 0 Å². The summed E-state index contributed by atoms with van der Waals surface area (Å²) >= 11 is 1.43. The fourth-order valence-electron chi connectivity index (χ4n) is 2.85. The number of carbonyl (C=O) groups is 1. The predicted octanol–water partition coefficient (Wildman–Crippen LogP) is 4.37. The molecule has 0 amide bonds. The van der Waals surface area contributed by atoms with Crippen LogP contribution in [0.1, 0.15) is 15.9 Å². The van der Waals surface area contributed by atoms with Crippen molar-refractivity contribution in [2.75, 3.05) is 25.3 Å². The van der Waals surface area contributed by atoms with Gasteiger partial charge < -0.3 is 10.0 Å². The minimum Gasteiger partial charge on any atom is -0.478 e. The Morgan fingerprint density at radius 2 is 1.93 bits per heavy atom. The summed E-state index contributed by atoms with van der Waals surface area (Å²) in [6.45, 7) is 4.21. The molecule has 0 saturated carbocycles. The molecule has 7 heteroatoms. The van der Waals surface area contributed by atoms with Crippen LogP contribution in [-0.4, -0.2) is 48.1 Å². The van der Waals surface area contributed by atoms with E-state index in [9.17, 15) is 9.90 Å². The van der Waals surface area contributed by atoms with Crippen molar-refractivity contribution < 1.29 is 9.90 Å².